The third-order valence-electron chi connectivity index (χ3n) is 5.80. The summed E-state index contributed by atoms with van der Waals surface area (Å²) in [5.74, 6) is 0.161. The van der Waals surface area contributed by atoms with Crippen LogP contribution >= 0.6 is 0 Å². The lowest BCUT2D eigenvalue weighted by atomic mass is 9.93. The zero-order chi connectivity index (χ0) is 24.4. The van der Waals surface area contributed by atoms with Gasteiger partial charge in [-0.2, -0.15) is 0 Å². The van der Waals surface area contributed by atoms with Crippen molar-refractivity contribution in [3.8, 4) is 28.2 Å². The van der Waals surface area contributed by atoms with Gasteiger partial charge in [-0.15, -0.1) is 0 Å². The Bertz CT molecular complexity index is 1400. The summed E-state index contributed by atoms with van der Waals surface area (Å²) in [7, 11) is 0. The Hall–Kier alpha value is -4.59. The van der Waals surface area contributed by atoms with Crippen molar-refractivity contribution in [2.75, 3.05) is 5.32 Å². The number of ether oxygens (including phenoxy) is 2. The van der Waals surface area contributed by atoms with E-state index in [1.54, 1.807) is 6.92 Å². The van der Waals surface area contributed by atoms with Crippen LogP contribution in [-0.2, 0) is 22.6 Å². The van der Waals surface area contributed by atoms with Gasteiger partial charge in [-0.25, -0.2) is 4.79 Å². The Balaban J connectivity index is 1.34. The second-order valence-corrected chi connectivity index (χ2v) is 8.21. The van der Waals surface area contributed by atoms with Crippen LogP contribution in [0.15, 0.2) is 77.4 Å². The van der Waals surface area contributed by atoms with Gasteiger partial charge in [0, 0.05) is 11.1 Å². The van der Waals surface area contributed by atoms with E-state index >= 15 is 0 Å². The number of hydrogen-bond donors (Lipinski definition) is 2. The van der Waals surface area contributed by atoms with Crippen molar-refractivity contribution in [1.29, 1.82) is 0 Å². The largest absolute Gasteiger partial charge is 0.488 e. The second-order valence-electron chi connectivity index (χ2n) is 8.21. The van der Waals surface area contributed by atoms with Crippen LogP contribution in [0.5, 0.6) is 5.75 Å². The molecule has 5 rings (SSSR count). The number of hydrogen-bond acceptors (Lipinski definition) is 6. The van der Waals surface area contributed by atoms with Gasteiger partial charge in [-0.05, 0) is 41.3 Å². The van der Waals surface area contributed by atoms with Crippen LogP contribution in [0.2, 0.25) is 0 Å². The highest BCUT2D eigenvalue weighted by Crippen LogP contribution is 2.41. The van der Waals surface area contributed by atoms with Crippen LogP contribution in [0.3, 0.4) is 0 Å². The maximum Gasteiger partial charge on any atom is 0.412 e. The number of carboxylic acids is 1. The average Bonchev–Trinajstić information content (AvgIpc) is 3.31. The van der Waals surface area contributed by atoms with Crippen LogP contribution in [0.4, 0.5) is 10.5 Å². The van der Waals surface area contributed by atoms with Gasteiger partial charge in [-0.3, -0.25) is 10.1 Å². The summed E-state index contributed by atoms with van der Waals surface area (Å²) in [6, 6.07) is 20.6. The second kappa shape index (κ2) is 9.34. The first kappa shape index (κ1) is 22.2. The molecule has 0 saturated carbocycles. The number of benzene rings is 3. The molecule has 1 aliphatic heterocycles. The summed E-state index contributed by atoms with van der Waals surface area (Å²) in [4.78, 5) is 23.5. The molecule has 0 spiro atoms. The van der Waals surface area contributed by atoms with Crippen LogP contribution in [0.1, 0.15) is 29.7 Å². The molecule has 4 aromatic rings. The smallest absolute Gasteiger partial charge is 0.412 e. The van der Waals surface area contributed by atoms with Crippen molar-refractivity contribution < 1.29 is 28.7 Å². The Kier molecular flexibility index (Phi) is 5.93. The van der Waals surface area contributed by atoms with E-state index in [0.717, 1.165) is 27.8 Å². The summed E-state index contributed by atoms with van der Waals surface area (Å²) in [6.45, 7) is 2.12. The lowest BCUT2D eigenvalue weighted by Gasteiger charge is -2.22. The highest BCUT2D eigenvalue weighted by Gasteiger charge is 2.22. The monoisotopic (exact) mass is 470 g/mol. The maximum atomic E-state index is 12.5. The molecule has 0 radical (unpaired) electrons. The van der Waals surface area contributed by atoms with Crippen LogP contribution in [0.25, 0.3) is 22.5 Å². The number of fused-ring (bicyclic) bond motifs is 3. The topological polar surface area (TPSA) is 111 Å². The minimum atomic E-state index is -0.874. The summed E-state index contributed by atoms with van der Waals surface area (Å²) in [5.41, 5.74) is 5.48. The predicted molar refractivity (Wildman–Crippen MR) is 128 cm³/mol. The summed E-state index contributed by atoms with van der Waals surface area (Å²) < 4.78 is 16.9. The Labute approximate surface area is 201 Å². The minimum Gasteiger partial charge on any atom is -0.488 e. The van der Waals surface area contributed by atoms with Gasteiger partial charge in [0.1, 0.15) is 24.1 Å². The molecule has 1 aromatic heterocycles. The van der Waals surface area contributed by atoms with Crippen molar-refractivity contribution >= 4 is 17.7 Å². The molecule has 35 heavy (non-hydrogen) atoms. The number of aromatic nitrogens is 1. The molecule has 2 heterocycles. The van der Waals surface area contributed by atoms with Gasteiger partial charge in [0.2, 0.25) is 0 Å². The molecule has 3 aromatic carbocycles. The van der Waals surface area contributed by atoms with Crippen molar-refractivity contribution in [3.63, 3.8) is 0 Å². The third-order valence-corrected chi connectivity index (χ3v) is 5.80. The number of anilines is 1. The normalized spacial score (nSPS) is 12.6. The molecule has 1 atom stereocenters. The summed E-state index contributed by atoms with van der Waals surface area (Å²) >= 11 is 0. The van der Waals surface area contributed by atoms with Crippen molar-refractivity contribution in [2.45, 2.75) is 26.1 Å². The van der Waals surface area contributed by atoms with E-state index in [4.69, 9.17) is 19.1 Å². The first-order chi connectivity index (χ1) is 17.0. The first-order valence-electron chi connectivity index (χ1n) is 11.1. The van der Waals surface area contributed by atoms with Crippen LogP contribution in [-0.4, -0.2) is 22.3 Å². The van der Waals surface area contributed by atoms with Gasteiger partial charge in [0.05, 0.1) is 12.6 Å². The Morgan fingerprint density at radius 1 is 1.09 bits per heavy atom. The number of carboxylic acid groups (broad SMARTS) is 1. The molecule has 1 unspecified atom stereocenters. The standard InChI is InChI=1S/C27H22N2O6/c1-16(18-5-3-2-4-6-18)34-27(32)29-23-14-28-35-26(23)19-8-10-22-21-9-7-17(12-25(30)31)11-20(21)15-33-24(22)13-19/h2-11,13-14,16H,12,15H2,1H3,(H,29,32)(H,30,31). The maximum absolute atomic E-state index is 12.5. The van der Waals surface area contributed by atoms with Crippen molar-refractivity contribution in [3.05, 3.63) is 89.6 Å². The fourth-order valence-corrected chi connectivity index (χ4v) is 4.10. The molecular formula is C27H22N2O6. The molecule has 0 fully saturated rings. The number of rotatable bonds is 6. The Morgan fingerprint density at radius 3 is 2.69 bits per heavy atom. The summed E-state index contributed by atoms with van der Waals surface area (Å²) in [5, 5.41) is 15.6. The lowest BCUT2D eigenvalue weighted by molar-refractivity contribution is -0.136. The van der Waals surface area contributed by atoms with Crippen molar-refractivity contribution in [2.24, 2.45) is 0 Å². The van der Waals surface area contributed by atoms with Gasteiger partial charge >= 0.3 is 12.1 Å². The van der Waals surface area contributed by atoms with E-state index in [-0.39, 0.29) is 6.42 Å². The third kappa shape index (κ3) is 4.72. The van der Waals surface area contributed by atoms with Crippen LogP contribution < -0.4 is 10.1 Å². The van der Waals surface area contributed by atoms with E-state index in [1.165, 1.54) is 6.20 Å². The van der Waals surface area contributed by atoms with E-state index in [0.29, 0.717) is 29.4 Å². The highest BCUT2D eigenvalue weighted by molar-refractivity contribution is 5.90. The molecule has 8 heteroatoms. The van der Waals surface area contributed by atoms with E-state index in [9.17, 15) is 9.59 Å². The van der Waals surface area contributed by atoms with Crippen molar-refractivity contribution in [1.82, 2.24) is 5.16 Å². The number of carbonyl (C=O) groups excluding carboxylic acids is 1. The molecule has 0 saturated heterocycles. The quantitative estimate of drug-likeness (QED) is 0.364. The molecule has 0 bridgehead atoms. The molecule has 176 valence electrons. The molecule has 8 nitrogen and oxygen atoms in total. The SMILES string of the molecule is CC(OC(=O)Nc1cnoc1-c1ccc2c(c1)OCc1cc(CC(=O)O)ccc1-2)c1ccccc1. The molecule has 1 aliphatic rings. The van der Waals surface area contributed by atoms with Gasteiger partial charge < -0.3 is 19.1 Å². The minimum absolute atomic E-state index is 0.0348. The van der Waals surface area contributed by atoms with Gasteiger partial charge in [-0.1, -0.05) is 59.8 Å². The van der Waals surface area contributed by atoms with E-state index < -0.39 is 18.2 Å². The summed E-state index contributed by atoms with van der Waals surface area (Å²) in [6.07, 6.45) is 0.342. The molecule has 2 N–H and O–H groups in total. The predicted octanol–water partition coefficient (Wildman–Crippen LogP) is 5.84. The van der Waals surface area contributed by atoms with E-state index in [1.807, 2.05) is 66.7 Å². The highest BCUT2D eigenvalue weighted by atomic mass is 16.6. The lowest BCUT2D eigenvalue weighted by Crippen LogP contribution is -2.16. The fraction of sp³-hybridized carbons (Fsp3) is 0.148. The number of carbonyl (C=O) groups is 2. The number of amides is 1. The number of aliphatic carboxylic acids is 1. The number of nitrogens with zero attached hydrogens (tertiary/aromatic N) is 1. The molecule has 0 aliphatic carbocycles. The zero-order valence-corrected chi connectivity index (χ0v) is 18.9. The fourth-order valence-electron chi connectivity index (χ4n) is 4.10. The first-order valence-corrected chi connectivity index (χ1v) is 11.1. The Morgan fingerprint density at radius 2 is 1.89 bits per heavy atom. The average molecular weight is 470 g/mol. The molecular weight excluding hydrogens is 448 g/mol. The number of nitrogens with one attached hydrogen (secondary N) is 1. The van der Waals surface area contributed by atoms with Gasteiger partial charge in [0.15, 0.2) is 5.76 Å². The zero-order valence-electron chi connectivity index (χ0n) is 18.9. The molecule has 1 amide bonds. The van der Waals surface area contributed by atoms with E-state index in [2.05, 4.69) is 10.5 Å². The van der Waals surface area contributed by atoms with Gasteiger partial charge in [0.25, 0.3) is 0 Å². The van der Waals surface area contributed by atoms with Crippen LogP contribution in [0, 0.1) is 0 Å².